The molecule has 0 aliphatic rings. The van der Waals surface area contributed by atoms with Crippen LogP contribution in [-0.4, -0.2) is 25.9 Å². The van der Waals surface area contributed by atoms with E-state index in [1.54, 1.807) is 0 Å². The molecule has 2 N–H and O–H groups in total. The summed E-state index contributed by atoms with van der Waals surface area (Å²) in [5, 5.41) is 0.770. The molecule has 8 heteroatoms. The molecule has 95 valence electrons. The molecule has 0 aromatic heterocycles. The number of rotatable bonds is 2. The summed E-state index contributed by atoms with van der Waals surface area (Å²) < 4.78 is 62.4. The van der Waals surface area contributed by atoms with Crippen LogP contribution in [0.25, 0.3) is 10.8 Å². The highest BCUT2D eigenvalue weighted by atomic mass is 32.2. The van der Waals surface area contributed by atoms with Crippen LogP contribution >= 0.6 is 0 Å². The molecule has 2 aromatic carbocycles. The molecule has 2 aromatic rings. The van der Waals surface area contributed by atoms with Crippen molar-refractivity contribution in [3.05, 3.63) is 36.4 Å². The zero-order chi connectivity index (χ0) is 13.6. The summed E-state index contributed by atoms with van der Waals surface area (Å²) in [4.78, 5) is -1.72. The Morgan fingerprint density at radius 2 is 1.39 bits per heavy atom. The Kier molecular flexibility index (Phi) is 2.90. The third kappa shape index (κ3) is 2.36. The monoisotopic (exact) mass is 287 g/mol. The topological polar surface area (TPSA) is 109 Å². The summed E-state index contributed by atoms with van der Waals surface area (Å²) in [7, 11) is -9.52. The molecule has 6 nitrogen and oxygen atoms in total. The van der Waals surface area contributed by atoms with Crippen molar-refractivity contribution in [2.75, 3.05) is 0 Å². The van der Waals surface area contributed by atoms with Crippen molar-refractivity contribution < 1.29 is 25.9 Å². The fourth-order valence-electron chi connectivity index (χ4n) is 1.54. The van der Waals surface area contributed by atoms with Crippen LogP contribution in [0.1, 0.15) is 0 Å². The normalized spacial score (nSPS) is 12.8. The van der Waals surface area contributed by atoms with Gasteiger partial charge in [-0.2, -0.15) is 16.8 Å². The van der Waals surface area contributed by atoms with Crippen LogP contribution in [0, 0.1) is 6.07 Å². The zero-order valence-corrected chi connectivity index (χ0v) is 10.4. The van der Waals surface area contributed by atoms with E-state index in [4.69, 9.17) is 9.11 Å². The molecule has 0 atom stereocenters. The van der Waals surface area contributed by atoms with Gasteiger partial charge in [-0.15, -0.1) is 0 Å². The standard InChI is InChI=1S/C10H7O6S2/c11-17(12,13)9-5-7-3-1-2-4-8(7)6-10(9)18(14,15)16/h1,3-6H,(H,11,12,13)(H,14,15,16). The summed E-state index contributed by atoms with van der Waals surface area (Å²) in [5.74, 6) is 0. The average Bonchev–Trinajstić information content (AvgIpc) is 2.25. The maximum Gasteiger partial charge on any atom is 0.295 e. The molecule has 0 saturated carbocycles. The van der Waals surface area contributed by atoms with Crippen LogP contribution < -0.4 is 0 Å². The van der Waals surface area contributed by atoms with Crippen molar-refractivity contribution in [1.82, 2.24) is 0 Å². The molecule has 0 saturated heterocycles. The van der Waals surface area contributed by atoms with Crippen LogP contribution in [0.2, 0.25) is 0 Å². The van der Waals surface area contributed by atoms with Crippen LogP contribution in [0.4, 0.5) is 0 Å². The minimum Gasteiger partial charge on any atom is -0.282 e. The van der Waals surface area contributed by atoms with E-state index in [1.165, 1.54) is 18.2 Å². The van der Waals surface area contributed by atoms with E-state index in [1.807, 2.05) is 0 Å². The fraction of sp³-hybridized carbons (Fsp3) is 0. The largest absolute Gasteiger partial charge is 0.295 e. The first-order valence-electron chi connectivity index (χ1n) is 4.58. The Morgan fingerprint density at radius 1 is 0.889 bits per heavy atom. The SMILES string of the molecule is O=S(=O)(O)c1cc2c[c]ccc2cc1S(=O)(=O)O. The van der Waals surface area contributed by atoms with Crippen molar-refractivity contribution in [3.63, 3.8) is 0 Å². The van der Waals surface area contributed by atoms with Crippen LogP contribution in [0.3, 0.4) is 0 Å². The minimum absolute atomic E-state index is 0.373. The number of hydrogen-bond donors (Lipinski definition) is 2. The van der Waals surface area contributed by atoms with E-state index in [2.05, 4.69) is 6.07 Å². The first-order valence-corrected chi connectivity index (χ1v) is 7.46. The van der Waals surface area contributed by atoms with Gasteiger partial charge in [-0.05, 0) is 35.0 Å². The Bertz CT molecular complexity index is 750. The second-order valence-corrected chi connectivity index (χ2v) is 6.30. The highest BCUT2D eigenvalue weighted by molar-refractivity contribution is 7.89. The first-order chi connectivity index (χ1) is 8.19. The predicted molar refractivity (Wildman–Crippen MR) is 62.4 cm³/mol. The summed E-state index contributed by atoms with van der Waals surface area (Å²) >= 11 is 0. The van der Waals surface area contributed by atoms with E-state index < -0.39 is 30.0 Å². The van der Waals surface area contributed by atoms with E-state index in [-0.39, 0.29) is 0 Å². The summed E-state index contributed by atoms with van der Waals surface area (Å²) in [6.07, 6.45) is 0. The van der Waals surface area contributed by atoms with E-state index in [0.717, 1.165) is 12.1 Å². The molecule has 18 heavy (non-hydrogen) atoms. The van der Waals surface area contributed by atoms with E-state index in [9.17, 15) is 16.8 Å². The van der Waals surface area contributed by atoms with E-state index >= 15 is 0 Å². The van der Waals surface area contributed by atoms with Gasteiger partial charge < -0.3 is 0 Å². The Morgan fingerprint density at radius 3 is 1.89 bits per heavy atom. The maximum absolute atomic E-state index is 11.1. The molecule has 0 fully saturated rings. The van der Waals surface area contributed by atoms with Gasteiger partial charge in [0.2, 0.25) is 0 Å². The van der Waals surface area contributed by atoms with Crippen LogP contribution in [0.5, 0.6) is 0 Å². The molecule has 2 rings (SSSR count). The van der Waals surface area contributed by atoms with Crippen LogP contribution in [-0.2, 0) is 20.2 Å². The molecule has 0 aliphatic heterocycles. The van der Waals surface area contributed by atoms with Crippen molar-refractivity contribution >= 4 is 31.0 Å². The van der Waals surface area contributed by atoms with Crippen molar-refractivity contribution in [2.24, 2.45) is 0 Å². The smallest absolute Gasteiger partial charge is 0.282 e. The average molecular weight is 287 g/mol. The van der Waals surface area contributed by atoms with Gasteiger partial charge in [0.15, 0.2) is 0 Å². The second kappa shape index (κ2) is 4.02. The zero-order valence-electron chi connectivity index (χ0n) is 8.73. The number of benzene rings is 2. The van der Waals surface area contributed by atoms with Crippen molar-refractivity contribution in [3.8, 4) is 0 Å². The summed E-state index contributed by atoms with van der Waals surface area (Å²) in [6.45, 7) is 0. The molecular formula is C10H7O6S2. The van der Waals surface area contributed by atoms with Crippen molar-refractivity contribution in [1.29, 1.82) is 0 Å². The number of fused-ring (bicyclic) bond motifs is 1. The highest BCUT2D eigenvalue weighted by Gasteiger charge is 2.24. The molecule has 1 radical (unpaired) electrons. The molecular weight excluding hydrogens is 280 g/mol. The first kappa shape index (κ1) is 13.0. The third-order valence-electron chi connectivity index (χ3n) is 2.30. The minimum atomic E-state index is -4.76. The molecule has 0 unspecified atom stereocenters. The van der Waals surface area contributed by atoms with E-state index in [0.29, 0.717) is 10.8 Å². The van der Waals surface area contributed by atoms with Gasteiger partial charge in [0, 0.05) is 0 Å². The lowest BCUT2D eigenvalue weighted by Crippen LogP contribution is -2.08. The van der Waals surface area contributed by atoms with Gasteiger partial charge in [-0.3, -0.25) is 9.11 Å². The lowest BCUT2D eigenvalue weighted by atomic mass is 10.1. The lowest BCUT2D eigenvalue weighted by Gasteiger charge is -2.06. The van der Waals surface area contributed by atoms with Gasteiger partial charge >= 0.3 is 0 Å². The van der Waals surface area contributed by atoms with Gasteiger partial charge in [0.25, 0.3) is 20.2 Å². The van der Waals surface area contributed by atoms with Crippen LogP contribution in [0.15, 0.2) is 40.1 Å². The third-order valence-corrected chi connectivity index (χ3v) is 4.22. The second-order valence-electron chi connectivity index (χ2n) is 3.52. The summed E-state index contributed by atoms with van der Waals surface area (Å²) in [6, 6.07) is 9.05. The number of hydrogen-bond acceptors (Lipinski definition) is 4. The Balaban J connectivity index is 2.99. The van der Waals surface area contributed by atoms with Gasteiger partial charge in [-0.25, -0.2) is 0 Å². The molecule has 0 bridgehead atoms. The maximum atomic E-state index is 11.1. The van der Waals surface area contributed by atoms with Gasteiger partial charge in [-0.1, -0.05) is 12.1 Å². The fourth-order valence-corrected chi connectivity index (χ4v) is 3.35. The Labute approximate surface area is 103 Å². The van der Waals surface area contributed by atoms with Gasteiger partial charge in [0.05, 0.1) is 0 Å². The molecule has 0 heterocycles. The quantitative estimate of drug-likeness (QED) is 0.801. The van der Waals surface area contributed by atoms with Gasteiger partial charge in [0.1, 0.15) is 9.79 Å². The molecule has 0 amide bonds. The molecule has 0 spiro atoms. The predicted octanol–water partition coefficient (Wildman–Crippen LogP) is 1.13. The highest BCUT2D eigenvalue weighted by Crippen LogP contribution is 2.26. The lowest BCUT2D eigenvalue weighted by molar-refractivity contribution is 0.467. The molecule has 0 aliphatic carbocycles. The Hall–Kier alpha value is -1.48. The van der Waals surface area contributed by atoms with Crippen molar-refractivity contribution in [2.45, 2.75) is 9.79 Å². The summed E-state index contributed by atoms with van der Waals surface area (Å²) in [5.41, 5.74) is 0.